The predicted molar refractivity (Wildman–Crippen MR) is 129 cm³/mol. The second kappa shape index (κ2) is 12.5. The minimum absolute atomic E-state index is 0.0488. The normalized spacial score (nSPS) is 18.7. The Bertz CT molecular complexity index is 874. The molecular formula is C24H38N4O4S. The molecule has 3 rings (SSSR count). The van der Waals surface area contributed by atoms with Crippen LogP contribution in [-0.4, -0.2) is 62.2 Å². The molecule has 0 bridgehead atoms. The molecular weight excluding hydrogens is 440 g/mol. The highest BCUT2D eigenvalue weighted by Gasteiger charge is 2.25. The monoisotopic (exact) mass is 478 g/mol. The van der Waals surface area contributed by atoms with Gasteiger partial charge in [0.15, 0.2) is 0 Å². The first-order chi connectivity index (χ1) is 15.8. The minimum atomic E-state index is -3.52. The molecule has 8 nitrogen and oxygen atoms in total. The molecule has 184 valence electrons. The van der Waals surface area contributed by atoms with Crippen LogP contribution in [0.15, 0.2) is 29.2 Å². The predicted octanol–water partition coefficient (Wildman–Crippen LogP) is 2.95. The van der Waals surface area contributed by atoms with Crippen LogP contribution in [0.1, 0.15) is 64.2 Å². The van der Waals surface area contributed by atoms with Crippen LogP contribution in [0.4, 0.5) is 5.69 Å². The first-order valence-corrected chi connectivity index (χ1v) is 13.7. The number of amides is 2. The van der Waals surface area contributed by atoms with Gasteiger partial charge in [0.1, 0.15) is 0 Å². The Morgan fingerprint density at radius 3 is 2.15 bits per heavy atom. The molecule has 2 aliphatic rings. The van der Waals surface area contributed by atoms with E-state index in [9.17, 15) is 18.0 Å². The van der Waals surface area contributed by atoms with Gasteiger partial charge in [-0.25, -0.2) is 8.42 Å². The van der Waals surface area contributed by atoms with Crippen molar-refractivity contribution in [2.75, 3.05) is 38.0 Å². The van der Waals surface area contributed by atoms with Gasteiger partial charge in [0, 0.05) is 18.8 Å². The van der Waals surface area contributed by atoms with Gasteiger partial charge in [-0.15, -0.1) is 0 Å². The van der Waals surface area contributed by atoms with Crippen LogP contribution in [0.5, 0.6) is 0 Å². The number of rotatable bonds is 10. The zero-order valence-corrected chi connectivity index (χ0v) is 20.3. The van der Waals surface area contributed by atoms with Crippen LogP contribution in [-0.2, 0) is 19.6 Å². The van der Waals surface area contributed by atoms with Crippen molar-refractivity contribution in [3.8, 4) is 0 Å². The Balaban J connectivity index is 1.54. The summed E-state index contributed by atoms with van der Waals surface area (Å²) in [6, 6.07) is 6.31. The van der Waals surface area contributed by atoms with E-state index in [1.165, 1.54) is 32.1 Å². The molecule has 2 fully saturated rings. The summed E-state index contributed by atoms with van der Waals surface area (Å²) >= 11 is 0. The fraction of sp³-hybridized carbons (Fsp3) is 0.667. The van der Waals surface area contributed by atoms with Crippen LogP contribution in [0.2, 0.25) is 0 Å². The van der Waals surface area contributed by atoms with Gasteiger partial charge in [0.05, 0.1) is 18.0 Å². The van der Waals surface area contributed by atoms with Crippen LogP contribution in [0.3, 0.4) is 0 Å². The third-order valence-electron chi connectivity index (χ3n) is 6.67. The van der Waals surface area contributed by atoms with Crippen molar-refractivity contribution in [3.05, 3.63) is 24.3 Å². The average Bonchev–Trinajstić information content (AvgIpc) is 3.08. The molecule has 0 unspecified atom stereocenters. The standard InChI is InChI=1S/C24H38N4O4S/c25-23(29)18-27(17-14-20-8-4-3-5-9-20)19-24(30)26-21-10-12-22(13-11-21)33(31,32)28-15-6-1-2-7-16-28/h10-13,20H,1-9,14-19H2,(H2,25,29)(H,26,30). The number of carbonyl (C=O) groups is 2. The van der Waals surface area contributed by atoms with E-state index in [4.69, 9.17) is 5.73 Å². The fourth-order valence-corrected chi connectivity index (χ4v) is 6.34. The summed E-state index contributed by atoms with van der Waals surface area (Å²) in [7, 11) is -3.52. The van der Waals surface area contributed by atoms with Crippen molar-refractivity contribution in [2.24, 2.45) is 11.7 Å². The van der Waals surface area contributed by atoms with Gasteiger partial charge >= 0.3 is 0 Å². The van der Waals surface area contributed by atoms with E-state index < -0.39 is 15.9 Å². The van der Waals surface area contributed by atoms with Crippen molar-refractivity contribution in [1.82, 2.24) is 9.21 Å². The van der Waals surface area contributed by atoms with Gasteiger partial charge in [-0.2, -0.15) is 4.31 Å². The Labute approximate surface area is 197 Å². The number of primary amides is 1. The molecule has 9 heteroatoms. The van der Waals surface area contributed by atoms with Crippen molar-refractivity contribution < 1.29 is 18.0 Å². The summed E-state index contributed by atoms with van der Waals surface area (Å²) in [4.78, 5) is 26.1. The largest absolute Gasteiger partial charge is 0.369 e. The molecule has 0 radical (unpaired) electrons. The van der Waals surface area contributed by atoms with E-state index >= 15 is 0 Å². The van der Waals surface area contributed by atoms with Crippen molar-refractivity contribution in [1.29, 1.82) is 0 Å². The van der Waals surface area contributed by atoms with Crippen molar-refractivity contribution in [3.63, 3.8) is 0 Å². The lowest BCUT2D eigenvalue weighted by atomic mass is 9.87. The Kier molecular flexibility index (Phi) is 9.70. The van der Waals surface area contributed by atoms with Crippen LogP contribution >= 0.6 is 0 Å². The van der Waals surface area contributed by atoms with Gasteiger partial charge in [0.2, 0.25) is 21.8 Å². The molecule has 2 amide bonds. The molecule has 33 heavy (non-hydrogen) atoms. The maximum atomic E-state index is 12.9. The van der Waals surface area contributed by atoms with Crippen LogP contribution in [0.25, 0.3) is 0 Å². The Morgan fingerprint density at radius 2 is 1.55 bits per heavy atom. The lowest BCUT2D eigenvalue weighted by molar-refractivity contribution is -0.121. The number of hydrogen-bond donors (Lipinski definition) is 2. The van der Waals surface area contributed by atoms with Crippen molar-refractivity contribution >= 4 is 27.5 Å². The van der Waals surface area contributed by atoms with Gasteiger partial charge < -0.3 is 11.1 Å². The van der Waals surface area contributed by atoms with Crippen LogP contribution < -0.4 is 11.1 Å². The third kappa shape index (κ3) is 8.08. The smallest absolute Gasteiger partial charge is 0.243 e. The molecule has 3 N–H and O–H groups in total. The lowest BCUT2D eigenvalue weighted by Crippen LogP contribution is -2.40. The Hall–Kier alpha value is -1.97. The zero-order valence-electron chi connectivity index (χ0n) is 19.5. The summed E-state index contributed by atoms with van der Waals surface area (Å²) in [5, 5.41) is 2.81. The molecule has 1 aromatic rings. The highest BCUT2D eigenvalue weighted by Crippen LogP contribution is 2.26. The number of nitrogens with two attached hydrogens (primary N) is 1. The van der Waals surface area contributed by atoms with E-state index in [0.29, 0.717) is 31.2 Å². The number of nitrogens with zero attached hydrogens (tertiary/aromatic N) is 2. The molecule has 0 aromatic heterocycles. The number of anilines is 1. The van der Waals surface area contributed by atoms with E-state index in [1.54, 1.807) is 33.5 Å². The van der Waals surface area contributed by atoms with Gasteiger partial charge in [-0.05, 0) is 56.0 Å². The van der Waals surface area contributed by atoms with Gasteiger partial charge in [-0.3, -0.25) is 14.5 Å². The maximum Gasteiger partial charge on any atom is 0.243 e. The quantitative estimate of drug-likeness (QED) is 0.537. The molecule has 0 atom stereocenters. The minimum Gasteiger partial charge on any atom is -0.369 e. The van der Waals surface area contributed by atoms with Gasteiger partial charge in [0.25, 0.3) is 0 Å². The lowest BCUT2D eigenvalue weighted by Gasteiger charge is -2.26. The second-order valence-electron chi connectivity index (χ2n) is 9.36. The first-order valence-electron chi connectivity index (χ1n) is 12.3. The molecule has 1 aliphatic carbocycles. The number of carbonyl (C=O) groups excluding carboxylic acids is 2. The molecule has 1 aliphatic heterocycles. The number of nitrogens with one attached hydrogen (secondary N) is 1. The van der Waals surface area contributed by atoms with Gasteiger partial charge in [-0.1, -0.05) is 44.9 Å². The molecule has 1 saturated heterocycles. The average molecular weight is 479 g/mol. The van der Waals surface area contributed by atoms with Crippen LogP contribution in [0, 0.1) is 5.92 Å². The van der Waals surface area contributed by atoms with E-state index in [1.807, 2.05) is 0 Å². The maximum absolute atomic E-state index is 12.9. The zero-order chi connectivity index (χ0) is 23.7. The van der Waals surface area contributed by atoms with E-state index in [0.717, 1.165) is 32.1 Å². The second-order valence-corrected chi connectivity index (χ2v) is 11.3. The number of benzene rings is 1. The summed E-state index contributed by atoms with van der Waals surface area (Å²) in [5.74, 6) is -0.0478. The van der Waals surface area contributed by atoms with Crippen molar-refractivity contribution in [2.45, 2.75) is 69.1 Å². The summed E-state index contributed by atoms with van der Waals surface area (Å²) in [5.41, 5.74) is 5.91. The van der Waals surface area contributed by atoms with E-state index in [-0.39, 0.29) is 23.9 Å². The highest BCUT2D eigenvalue weighted by molar-refractivity contribution is 7.89. The molecule has 0 spiro atoms. The summed E-state index contributed by atoms with van der Waals surface area (Å²) in [6.45, 7) is 1.89. The summed E-state index contributed by atoms with van der Waals surface area (Å²) in [6.07, 6.45) is 11.1. The summed E-state index contributed by atoms with van der Waals surface area (Å²) < 4.78 is 27.4. The molecule has 1 saturated carbocycles. The highest BCUT2D eigenvalue weighted by atomic mass is 32.2. The Morgan fingerprint density at radius 1 is 0.939 bits per heavy atom. The third-order valence-corrected chi connectivity index (χ3v) is 8.58. The first kappa shape index (κ1) is 25.6. The SMILES string of the molecule is NC(=O)CN(CCC1CCCCC1)CC(=O)Nc1ccc(S(=O)(=O)N2CCCCCC2)cc1. The molecule has 1 heterocycles. The number of sulfonamides is 1. The van der Waals surface area contributed by atoms with E-state index in [2.05, 4.69) is 5.32 Å². The topological polar surface area (TPSA) is 113 Å². The fourth-order valence-electron chi connectivity index (χ4n) is 4.82. The molecule has 1 aromatic carbocycles. The number of hydrogen-bond acceptors (Lipinski definition) is 5.